The zero-order valence-electron chi connectivity index (χ0n) is 17.6. The lowest BCUT2D eigenvalue weighted by Crippen LogP contribution is -2.31. The Labute approximate surface area is 186 Å². The summed E-state index contributed by atoms with van der Waals surface area (Å²) in [5.74, 6) is -0.442. The van der Waals surface area contributed by atoms with Crippen LogP contribution in [0.4, 0.5) is 4.39 Å². The van der Waals surface area contributed by atoms with Crippen molar-refractivity contribution < 1.29 is 9.13 Å². The molecule has 0 unspecified atom stereocenters. The summed E-state index contributed by atoms with van der Waals surface area (Å²) in [5, 5.41) is 9.08. The number of hydrogen-bond donors (Lipinski definition) is 1. The van der Waals surface area contributed by atoms with Gasteiger partial charge in [0, 0.05) is 7.11 Å². The van der Waals surface area contributed by atoms with Crippen LogP contribution in [0.3, 0.4) is 0 Å². The third-order valence-corrected chi connectivity index (χ3v) is 5.85. The molecule has 31 heavy (non-hydrogen) atoms. The Balaban J connectivity index is 1.79. The molecule has 0 aliphatic heterocycles. The fourth-order valence-electron chi connectivity index (χ4n) is 4.02. The van der Waals surface area contributed by atoms with E-state index in [4.69, 9.17) is 21.7 Å². The van der Waals surface area contributed by atoms with Crippen molar-refractivity contribution in [2.45, 2.75) is 25.9 Å². The van der Waals surface area contributed by atoms with Gasteiger partial charge in [-0.25, -0.2) is 4.39 Å². The molecule has 0 radical (unpaired) electrons. The number of rotatable bonds is 7. The fraction of sp³-hybridized carbons (Fsp3) is 0.240. The van der Waals surface area contributed by atoms with Gasteiger partial charge in [0.2, 0.25) is 5.62 Å². The highest BCUT2D eigenvalue weighted by Gasteiger charge is 2.19. The third kappa shape index (κ3) is 4.43. The van der Waals surface area contributed by atoms with E-state index >= 15 is 0 Å². The van der Waals surface area contributed by atoms with Crippen LogP contribution in [-0.4, -0.2) is 22.9 Å². The molecule has 0 spiro atoms. The highest BCUT2D eigenvalue weighted by molar-refractivity contribution is 6.30. The zero-order chi connectivity index (χ0) is 22.0. The van der Waals surface area contributed by atoms with Crippen LogP contribution in [0.25, 0.3) is 11.0 Å². The Morgan fingerprint density at radius 1 is 1.00 bits per heavy atom. The molecule has 4 nitrogen and oxygen atoms in total. The summed E-state index contributed by atoms with van der Waals surface area (Å²) in [6.45, 7) is 2.99. The van der Waals surface area contributed by atoms with Crippen LogP contribution >= 0.6 is 11.6 Å². The molecule has 0 saturated heterocycles. The monoisotopic (exact) mass is 437 g/mol. The first-order valence-electron chi connectivity index (χ1n) is 10.2. The number of aryl methyl sites for hydroxylation is 1. The van der Waals surface area contributed by atoms with E-state index in [0.29, 0.717) is 18.8 Å². The van der Waals surface area contributed by atoms with E-state index in [-0.39, 0.29) is 11.1 Å². The predicted octanol–water partition coefficient (Wildman–Crippen LogP) is 5.50. The van der Waals surface area contributed by atoms with Gasteiger partial charge in [0.15, 0.2) is 0 Å². The number of aromatic nitrogens is 2. The van der Waals surface area contributed by atoms with Crippen molar-refractivity contribution in [1.29, 1.82) is 5.41 Å². The summed E-state index contributed by atoms with van der Waals surface area (Å²) in [5.41, 5.74) is 5.54. The first kappa shape index (κ1) is 21.3. The first-order valence-corrected chi connectivity index (χ1v) is 10.6. The van der Waals surface area contributed by atoms with Gasteiger partial charge >= 0.3 is 0 Å². The van der Waals surface area contributed by atoms with E-state index in [9.17, 15) is 4.39 Å². The quantitative estimate of drug-likeness (QED) is 0.407. The van der Waals surface area contributed by atoms with Gasteiger partial charge in [-0.2, -0.15) is 0 Å². The van der Waals surface area contributed by atoms with Crippen LogP contribution in [-0.2, 0) is 17.7 Å². The second kappa shape index (κ2) is 9.08. The van der Waals surface area contributed by atoms with Gasteiger partial charge in [0.1, 0.15) is 5.82 Å². The highest BCUT2D eigenvalue weighted by atomic mass is 35.5. The Bertz CT molecular complexity index is 1260. The van der Waals surface area contributed by atoms with Gasteiger partial charge in [0.25, 0.3) is 0 Å². The minimum Gasteiger partial charge on any atom is -0.383 e. The van der Waals surface area contributed by atoms with Crippen molar-refractivity contribution in [2.75, 3.05) is 13.7 Å². The van der Waals surface area contributed by atoms with Crippen LogP contribution in [0.2, 0.25) is 5.02 Å². The summed E-state index contributed by atoms with van der Waals surface area (Å²) in [7, 11) is 1.69. The summed E-state index contributed by atoms with van der Waals surface area (Å²) in [6.07, 6.45) is 0.751. The molecular formula is C25H25ClFN3O. The minimum absolute atomic E-state index is 0.0387. The molecule has 0 aliphatic carbocycles. The highest BCUT2D eigenvalue weighted by Crippen LogP contribution is 2.23. The van der Waals surface area contributed by atoms with Crippen LogP contribution in [0.15, 0.2) is 66.7 Å². The van der Waals surface area contributed by atoms with Gasteiger partial charge in [-0.05, 0) is 48.7 Å². The molecular weight excluding hydrogens is 413 g/mol. The Morgan fingerprint density at radius 2 is 1.68 bits per heavy atom. The molecule has 1 heterocycles. The molecule has 6 heteroatoms. The molecule has 0 aliphatic rings. The maximum Gasteiger partial charge on any atom is 0.203 e. The molecule has 1 aromatic heterocycles. The lowest BCUT2D eigenvalue weighted by molar-refractivity contribution is 0.154. The van der Waals surface area contributed by atoms with E-state index in [1.807, 2.05) is 33.4 Å². The lowest BCUT2D eigenvalue weighted by atomic mass is 10.0. The number of nitrogens with one attached hydrogen (secondary N) is 1. The summed E-state index contributed by atoms with van der Waals surface area (Å²) in [4.78, 5) is 0. The van der Waals surface area contributed by atoms with Gasteiger partial charge in [0.05, 0.1) is 35.2 Å². The van der Waals surface area contributed by atoms with Crippen LogP contribution in [0.5, 0.6) is 0 Å². The topological polar surface area (TPSA) is 42.9 Å². The molecule has 3 aromatic carbocycles. The van der Waals surface area contributed by atoms with Gasteiger partial charge in [-0.3, -0.25) is 5.41 Å². The summed E-state index contributed by atoms with van der Waals surface area (Å²) >= 11 is 5.98. The standard InChI is InChI=1S/C25H25ClFN3O/c1-17-7-9-18(10-8-17)13-20(16-31-2)30-24-6-4-3-5-23(24)29(25(30)28)15-19-11-12-22(27)21(26)14-19/h3-12,14,20,28H,13,15-16H2,1-2H3/t20-/m0/s1. The zero-order valence-corrected chi connectivity index (χ0v) is 18.4. The van der Waals surface area contributed by atoms with Gasteiger partial charge in [-0.15, -0.1) is 0 Å². The van der Waals surface area contributed by atoms with Crippen molar-refractivity contribution in [3.8, 4) is 0 Å². The van der Waals surface area contributed by atoms with E-state index in [0.717, 1.165) is 23.0 Å². The molecule has 0 bridgehead atoms. The summed E-state index contributed by atoms with van der Waals surface area (Å²) < 4.78 is 23.1. The Kier molecular flexibility index (Phi) is 6.25. The van der Waals surface area contributed by atoms with Crippen molar-refractivity contribution in [1.82, 2.24) is 9.13 Å². The number of methoxy groups -OCH3 is 1. The van der Waals surface area contributed by atoms with Crippen LogP contribution in [0, 0.1) is 18.2 Å². The Hall–Kier alpha value is -2.89. The number of hydrogen-bond acceptors (Lipinski definition) is 2. The summed E-state index contributed by atoms with van der Waals surface area (Å²) in [6, 6.07) is 21.1. The number of halogens is 2. The SMILES string of the molecule is COC[C@H](Cc1ccc(C)cc1)n1c(=N)n(Cc2ccc(F)c(Cl)c2)c2ccccc21. The third-order valence-electron chi connectivity index (χ3n) is 5.56. The molecule has 4 rings (SSSR count). The van der Waals surface area contributed by atoms with Crippen molar-refractivity contribution >= 4 is 22.6 Å². The average molecular weight is 438 g/mol. The van der Waals surface area contributed by atoms with Gasteiger partial charge < -0.3 is 13.9 Å². The lowest BCUT2D eigenvalue weighted by Gasteiger charge is -2.19. The smallest absolute Gasteiger partial charge is 0.203 e. The number of para-hydroxylation sites is 2. The first-order chi connectivity index (χ1) is 15.0. The number of fused-ring (bicyclic) bond motifs is 1. The second-order valence-electron chi connectivity index (χ2n) is 7.82. The largest absolute Gasteiger partial charge is 0.383 e. The number of imidazole rings is 1. The number of nitrogens with zero attached hydrogens (tertiary/aromatic N) is 2. The number of benzene rings is 3. The van der Waals surface area contributed by atoms with Crippen molar-refractivity contribution in [3.05, 3.63) is 99.9 Å². The molecule has 4 aromatic rings. The van der Waals surface area contributed by atoms with Crippen LogP contribution < -0.4 is 5.62 Å². The molecule has 0 saturated carbocycles. The van der Waals surface area contributed by atoms with Gasteiger partial charge in [-0.1, -0.05) is 59.6 Å². The maximum atomic E-state index is 13.6. The van der Waals surface area contributed by atoms with E-state index in [2.05, 4.69) is 31.2 Å². The van der Waals surface area contributed by atoms with Crippen molar-refractivity contribution in [2.24, 2.45) is 0 Å². The fourth-order valence-corrected chi connectivity index (χ4v) is 4.22. The average Bonchev–Trinajstić information content (AvgIpc) is 3.03. The predicted molar refractivity (Wildman–Crippen MR) is 122 cm³/mol. The normalized spacial score (nSPS) is 12.4. The van der Waals surface area contributed by atoms with Crippen LogP contribution in [0.1, 0.15) is 22.7 Å². The molecule has 1 N–H and O–H groups in total. The molecule has 1 atom stereocenters. The second-order valence-corrected chi connectivity index (χ2v) is 8.22. The van der Waals surface area contributed by atoms with E-state index < -0.39 is 5.82 Å². The van der Waals surface area contributed by atoms with Crippen molar-refractivity contribution in [3.63, 3.8) is 0 Å². The minimum atomic E-state index is -0.442. The molecule has 160 valence electrons. The van der Waals surface area contributed by atoms with E-state index in [1.165, 1.54) is 17.2 Å². The Morgan fingerprint density at radius 3 is 2.35 bits per heavy atom. The maximum absolute atomic E-state index is 13.6. The van der Waals surface area contributed by atoms with E-state index in [1.54, 1.807) is 19.2 Å². The molecule has 0 fully saturated rings. The number of ether oxygens (including phenoxy) is 1. The molecule has 0 amide bonds.